The lowest BCUT2D eigenvalue weighted by Crippen LogP contribution is -2.16. The summed E-state index contributed by atoms with van der Waals surface area (Å²) in [7, 11) is -0.929. The van der Waals surface area contributed by atoms with Gasteiger partial charge in [-0.15, -0.1) is 11.8 Å². The van der Waals surface area contributed by atoms with E-state index in [0.717, 1.165) is 29.3 Å². The maximum Gasteiger partial charge on any atom is 0.136 e. The molecule has 2 nitrogen and oxygen atoms in total. The van der Waals surface area contributed by atoms with E-state index in [9.17, 15) is 8.60 Å². The van der Waals surface area contributed by atoms with Gasteiger partial charge >= 0.3 is 0 Å². The Bertz CT molecular complexity index is 601. The van der Waals surface area contributed by atoms with Crippen molar-refractivity contribution in [1.29, 1.82) is 0 Å². The first-order chi connectivity index (χ1) is 10.2. The highest BCUT2D eigenvalue weighted by Gasteiger charge is 2.01. The average molecular weight is 323 g/mol. The van der Waals surface area contributed by atoms with Gasteiger partial charge in [-0.25, -0.2) is 4.39 Å². The second-order valence-electron chi connectivity index (χ2n) is 4.55. The summed E-state index contributed by atoms with van der Waals surface area (Å²) in [5.41, 5.74) is 1.15. The van der Waals surface area contributed by atoms with Gasteiger partial charge in [0.1, 0.15) is 5.82 Å². The number of thioether (sulfide) groups is 1. The fraction of sp³-hybridized carbons (Fsp3) is 0.250. The third-order valence-corrected chi connectivity index (χ3v) is 4.94. The topological polar surface area (TPSA) is 29.1 Å². The zero-order valence-corrected chi connectivity index (χ0v) is 13.5. The molecule has 0 saturated carbocycles. The van der Waals surface area contributed by atoms with Crippen LogP contribution in [0.4, 0.5) is 4.39 Å². The molecule has 0 aliphatic rings. The van der Waals surface area contributed by atoms with Crippen molar-refractivity contribution in [2.45, 2.75) is 16.3 Å². The molecule has 0 aliphatic carbocycles. The molecular weight excluding hydrogens is 305 g/mol. The van der Waals surface area contributed by atoms with Gasteiger partial charge in [0, 0.05) is 45.7 Å². The van der Waals surface area contributed by atoms with Crippen LogP contribution in [0.3, 0.4) is 0 Å². The van der Waals surface area contributed by atoms with Crippen molar-refractivity contribution in [3.63, 3.8) is 0 Å². The first-order valence-corrected chi connectivity index (χ1v) is 9.21. The lowest BCUT2D eigenvalue weighted by Gasteiger charge is -2.06. The van der Waals surface area contributed by atoms with Gasteiger partial charge in [-0.05, 0) is 29.8 Å². The van der Waals surface area contributed by atoms with E-state index in [4.69, 9.17) is 0 Å². The summed E-state index contributed by atoms with van der Waals surface area (Å²) in [5.74, 6) is 0.656. The standard InChI is InChI=1S/C16H18FNOS2/c1-21(19)14-8-6-13(7-9-14)12-18-10-11-20-16-5-3-2-4-15(16)17/h2-9,18H,10-12H2,1H3. The Morgan fingerprint density at radius 1 is 1.14 bits per heavy atom. The maximum absolute atomic E-state index is 13.4. The van der Waals surface area contributed by atoms with Crippen molar-refractivity contribution in [3.05, 3.63) is 59.9 Å². The van der Waals surface area contributed by atoms with Gasteiger partial charge < -0.3 is 5.32 Å². The number of hydrogen-bond donors (Lipinski definition) is 1. The Kier molecular flexibility index (Phi) is 6.42. The van der Waals surface area contributed by atoms with Crippen LogP contribution in [0, 0.1) is 5.82 Å². The predicted octanol–water partition coefficient (Wildman–Crippen LogP) is 3.45. The molecule has 5 heteroatoms. The van der Waals surface area contributed by atoms with Crippen molar-refractivity contribution in [3.8, 4) is 0 Å². The van der Waals surface area contributed by atoms with E-state index in [1.165, 1.54) is 17.8 Å². The average Bonchev–Trinajstić information content (AvgIpc) is 2.49. The monoisotopic (exact) mass is 323 g/mol. The van der Waals surface area contributed by atoms with Crippen LogP contribution >= 0.6 is 11.8 Å². The first-order valence-electron chi connectivity index (χ1n) is 6.67. The fourth-order valence-electron chi connectivity index (χ4n) is 1.83. The number of nitrogens with one attached hydrogen (secondary N) is 1. The third-order valence-electron chi connectivity index (χ3n) is 2.96. The molecule has 0 amide bonds. The van der Waals surface area contributed by atoms with Gasteiger partial charge in [0.2, 0.25) is 0 Å². The highest BCUT2D eigenvalue weighted by Crippen LogP contribution is 2.20. The lowest BCUT2D eigenvalue weighted by atomic mass is 10.2. The first kappa shape index (κ1) is 16.2. The Morgan fingerprint density at radius 3 is 2.52 bits per heavy atom. The smallest absolute Gasteiger partial charge is 0.136 e. The summed E-state index contributed by atoms with van der Waals surface area (Å²) in [4.78, 5) is 1.53. The van der Waals surface area contributed by atoms with Crippen LogP contribution in [0.15, 0.2) is 58.3 Å². The molecule has 0 heterocycles. The molecule has 0 radical (unpaired) electrons. The number of halogens is 1. The normalized spacial score (nSPS) is 12.3. The molecule has 0 fully saturated rings. The highest BCUT2D eigenvalue weighted by molar-refractivity contribution is 7.99. The van der Waals surface area contributed by atoms with Crippen molar-refractivity contribution in [1.82, 2.24) is 5.32 Å². The third kappa shape index (κ3) is 5.26. The molecule has 21 heavy (non-hydrogen) atoms. The minimum Gasteiger partial charge on any atom is -0.312 e. The van der Waals surface area contributed by atoms with E-state index in [2.05, 4.69) is 5.32 Å². The second kappa shape index (κ2) is 8.32. The van der Waals surface area contributed by atoms with Gasteiger partial charge in [-0.2, -0.15) is 0 Å². The zero-order chi connectivity index (χ0) is 15.1. The maximum atomic E-state index is 13.4. The van der Waals surface area contributed by atoms with Gasteiger partial charge in [-0.3, -0.25) is 4.21 Å². The molecule has 0 aromatic heterocycles. The summed E-state index contributed by atoms with van der Waals surface area (Å²) in [6.45, 7) is 1.56. The number of benzene rings is 2. The fourth-order valence-corrected chi connectivity index (χ4v) is 3.19. The van der Waals surface area contributed by atoms with Gasteiger partial charge in [0.15, 0.2) is 0 Å². The highest BCUT2D eigenvalue weighted by atomic mass is 32.2. The van der Waals surface area contributed by atoms with Crippen LogP contribution in [0.1, 0.15) is 5.56 Å². The van der Waals surface area contributed by atoms with Crippen LogP contribution in [0.25, 0.3) is 0 Å². The zero-order valence-electron chi connectivity index (χ0n) is 11.8. The number of hydrogen-bond acceptors (Lipinski definition) is 3. The lowest BCUT2D eigenvalue weighted by molar-refractivity contribution is 0.602. The molecule has 2 rings (SSSR count). The quantitative estimate of drug-likeness (QED) is 0.625. The Morgan fingerprint density at radius 2 is 1.86 bits per heavy atom. The van der Waals surface area contributed by atoms with Crippen LogP contribution in [-0.4, -0.2) is 22.8 Å². The summed E-state index contributed by atoms with van der Waals surface area (Å²) >= 11 is 1.51. The van der Waals surface area contributed by atoms with Crippen LogP contribution in [0.5, 0.6) is 0 Å². The Labute approximate surface area is 131 Å². The largest absolute Gasteiger partial charge is 0.312 e. The van der Waals surface area contributed by atoms with Gasteiger partial charge in [0.25, 0.3) is 0 Å². The molecule has 1 unspecified atom stereocenters. The summed E-state index contributed by atoms with van der Waals surface area (Å²) in [6.07, 6.45) is 1.67. The van der Waals surface area contributed by atoms with Crippen molar-refractivity contribution < 1.29 is 8.60 Å². The number of rotatable bonds is 7. The molecule has 2 aromatic carbocycles. The van der Waals surface area contributed by atoms with E-state index in [1.807, 2.05) is 30.3 Å². The molecule has 0 bridgehead atoms. The Balaban J connectivity index is 1.70. The van der Waals surface area contributed by atoms with Crippen LogP contribution in [-0.2, 0) is 17.3 Å². The van der Waals surface area contributed by atoms with E-state index in [-0.39, 0.29) is 5.82 Å². The molecule has 1 atom stereocenters. The molecular formula is C16H18FNOS2. The predicted molar refractivity (Wildman–Crippen MR) is 87.6 cm³/mol. The van der Waals surface area contributed by atoms with Crippen molar-refractivity contribution in [2.24, 2.45) is 0 Å². The minimum atomic E-state index is -0.929. The van der Waals surface area contributed by atoms with E-state index < -0.39 is 10.8 Å². The minimum absolute atomic E-state index is 0.161. The molecule has 0 spiro atoms. The second-order valence-corrected chi connectivity index (χ2v) is 7.07. The van der Waals surface area contributed by atoms with E-state index in [1.54, 1.807) is 18.4 Å². The van der Waals surface area contributed by atoms with Gasteiger partial charge in [0.05, 0.1) is 0 Å². The summed E-state index contributed by atoms with van der Waals surface area (Å²) in [6, 6.07) is 14.6. The van der Waals surface area contributed by atoms with E-state index in [0.29, 0.717) is 4.90 Å². The molecule has 0 aliphatic heterocycles. The SMILES string of the molecule is CS(=O)c1ccc(CNCCSc2ccccc2F)cc1. The summed E-state index contributed by atoms with van der Waals surface area (Å²) in [5, 5.41) is 3.32. The van der Waals surface area contributed by atoms with Crippen molar-refractivity contribution >= 4 is 22.6 Å². The van der Waals surface area contributed by atoms with Crippen LogP contribution < -0.4 is 5.32 Å². The molecule has 1 N–H and O–H groups in total. The molecule has 0 saturated heterocycles. The molecule has 2 aromatic rings. The Hall–Kier alpha value is -1.17. The molecule has 112 valence electrons. The summed E-state index contributed by atoms with van der Waals surface area (Å²) < 4.78 is 24.7. The van der Waals surface area contributed by atoms with E-state index >= 15 is 0 Å². The van der Waals surface area contributed by atoms with Crippen LogP contribution in [0.2, 0.25) is 0 Å². The van der Waals surface area contributed by atoms with Gasteiger partial charge in [-0.1, -0.05) is 24.3 Å². The van der Waals surface area contributed by atoms with Crippen molar-refractivity contribution in [2.75, 3.05) is 18.6 Å².